The minimum Gasteiger partial charge on any atom is -0.293 e. The molecule has 4 aromatic rings. The molecule has 16 heteroatoms. The highest BCUT2D eigenvalue weighted by atomic mass is 35.5. The van der Waals surface area contributed by atoms with Crippen LogP contribution < -0.4 is 9.80 Å². The standard InChI is InChI=1S/C42H34Cl2N4O4S6/c43-25-17-19-33-29(23-25)47(27-11-5-7-13-31(27)55-33)35(49)15-3-1-9-21-45-39(51)37(57-41(45)53)38-40(52)46(42(54)58-38)22-10-2-4-16-36(50)48-28-12-6-8-14-32(28)56-34-20-18-26(44)24-30(34)48/h5-8,11-14,17-20,23-24H,1-4,9-10,15-16,21-22H2/b38-37+. The normalized spacial score (nSPS) is 17.1. The van der Waals surface area contributed by atoms with Gasteiger partial charge in [0.05, 0.1) is 32.6 Å². The first-order valence-electron chi connectivity index (χ1n) is 18.7. The minimum absolute atomic E-state index is 0.0165. The molecular formula is C42H34Cl2N4O4S6. The van der Waals surface area contributed by atoms with Crippen LogP contribution >= 0.6 is 94.7 Å². The molecular weight excluding hydrogens is 888 g/mol. The van der Waals surface area contributed by atoms with E-state index in [1.54, 1.807) is 43.1 Å². The number of halogens is 2. The molecule has 296 valence electrons. The predicted octanol–water partition coefficient (Wildman–Crippen LogP) is 12.0. The Labute approximate surface area is 374 Å². The van der Waals surface area contributed by atoms with E-state index in [0.29, 0.717) is 93.0 Å². The van der Waals surface area contributed by atoms with Crippen LogP contribution in [0.2, 0.25) is 10.0 Å². The molecule has 0 N–H and O–H groups in total. The van der Waals surface area contributed by atoms with Gasteiger partial charge < -0.3 is 0 Å². The molecule has 0 unspecified atom stereocenters. The Morgan fingerprint density at radius 1 is 0.500 bits per heavy atom. The minimum atomic E-state index is -0.290. The predicted molar refractivity (Wildman–Crippen MR) is 246 cm³/mol. The number of carbonyl (C=O) groups is 4. The van der Waals surface area contributed by atoms with Crippen molar-refractivity contribution in [3.05, 3.63) is 105 Å². The second kappa shape index (κ2) is 18.1. The number of anilines is 4. The zero-order valence-electron chi connectivity index (χ0n) is 30.8. The SMILES string of the molecule is O=C1/C(=C2\SC(=S)N(CCCCCC(=O)N3c4ccccc4Sc4ccc(Cl)cc43)C2=O)SC(=S)N1CCCCCC(=O)N1c2ccccc2Sc2ccc(Cl)cc21. The smallest absolute Gasteiger partial charge is 0.267 e. The second-order valence-corrected chi connectivity index (χ2v) is 20.1. The lowest BCUT2D eigenvalue weighted by molar-refractivity contribution is -0.124. The maximum Gasteiger partial charge on any atom is 0.267 e. The van der Waals surface area contributed by atoms with Gasteiger partial charge in [0.25, 0.3) is 11.8 Å². The van der Waals surface area contributed by atoms with Crippen molar-refractivity contribution in [2.24, 2.45) is 0 Å². The van der Waals surface area contributed by atoms with Crippen molar-refractivity contribution >= 4 is 150 Å². The number of thiocarbonyl (C=S) groups is 2. The number of nitrogens with zero attached hydrogens (tertiary/aromatic N) is 4. The number of unbranched alkanes of at least 4 members (excludes halogenated alkanes) is 4. The van der Waals surface area contributed by atoms with Crippen LogP contribution in [0.15, 0.2) is 114 Å². The third-order valence-electron chi connectivity index (χ3n) is 9.92. The lowest BCUT2D eigenvalue weighted by Gasteiger charge is -2.31. The van der Waals surface area contributed by atoms with Crippen molar-refractivity contribution in [2.45, 2.75) is 70.9 Å². The van der Waals surface area contributed by atoms with E-state index >= 15 is 0 Å². The molecule has 0 aromatic heterocycles. The van der Waals surface area contributed by atoms with Crippen molar-refractivity contribution in [1.82, 2.24) is 9.80 Å². The van der Waals surface area contributed by atoms with E-state index in [2.05, 4.69) is 0 Å². The molecule has 2 saturated heterocycles. The number of benzene rings is 4. The summed E-state index contributed by atoms with van der Waals surface area (Å²) >= 11 is 29.3. The van der Waals surface area contributed by atoms with E-state index in [1.165, 1.54) is 0 Å². The molecule has 0 bridgehead atoms. The molecule has 58 heavy (non-hydrogen) atoms. The third-order valence-corrected chi connectivity index (χ3v) is 15.7. The van der Waals surface area contributed by atoms with Crippen LogP contribution in [0.25, 0.3) is 0 Å². The quantitative estimate of drug-likeness (QED) is 0.0778. The van der Waals surface area contributed by atoms with Gasteiger partial charge in [-0.25, -0.2) is 0 Å². The molecule has 0 atom stereocenters. The summed E-state index contributed by atoms with van der Waals surface area (Å²) < 4.78 is 0.809. The summed E-state index contributed by atoms with van der Waals surface area (Å²) in [4.78, 5) is 65.6. The van der Waals surface area contributed by atoms with E-state index in [1.807, 2.05) is 84.9 Å². The van der Waals surface area contributed by atoms with Gasteiger partial charge in [0.1, 0.15) is 8.64 Å². The first kappa shape index (κ1) is 41.4. The molecule has 0 aliphatic carbocycles. The Morgan fingerprint density at radius 3 is 1.33 bits per heavy atom. The highest BCUT2D eigenvalue weighted by molar-refractivity contribution is 8.29. The van der Waals surface area contributed by atoms with E-state index in [4.69, 9.17) is 47.6 Å². The fourth-order valence-corrected chi connectivity index (χ4v) is 12.3. The first-order valence-corrected chi connectivity index (χ1v) is 23.5. The summed E-state index contributed by atoms with van der Waals surface area (Å²) in [6.07, 6.45) is 4.65. The highest BCUT2D eigenvalue weighted by Crippen LogP contribution is 2.50. The lowest BCUT2D eigenvalue weighted by Crippen LogP contribution is -2.31. The molecule has 4 aliphatic heterocycles. The highest BCUT2D eigenvalue weighted by Gasteiger charge is 2.42. The maximum absolute atomic E-state index is 13.6. The molecule has 0 saturated carbocycles. The van der Waals surface area contributed by atoms with Crippen LogP contribution in [0.1, 0.15) is 51.4 Å². The number of hydrogen-bond acceptors (Lipinski definition) is 10. The van der Waals surface area contributed by atoms with E-state index in [-0.39, 0.29) is 23.6 Å². The summed E-state index contributed by atoms with van der Waals surface area (Å²) in [6.45, 7) is 0.785. The van der Waals surface area contributed by atoms with Gasteiger partial charge in [0, 0.05) is 55.6 Å². The van der Waals surface area contributed by atoms with Gasteiger partial charge in [-0.3, -0.25) is 38.8 Å². The maximum atomic E-state index is 13.6. The van der Waals surface area contributed by atoms with Crippen LogP contribution in [-0.4, -0.2) is 55.2 Å². The summed E-state index contributed by atoms with van der Waals surface area (Å²) in [5.74, 6) is -0.613. The van der Waals surface area contributed by atoms with Gasteiger partial charge in [-0.2, -0.15) is 0 Å². The van der Waals surface area contributed by atoms with Crippen molar-refractivity contribution in [2.75, 3.05) is 22.9 Å². The second-order valence-electron chi connectivity index (χ2n) is 13.8. The summed E-state index contributed by atoms with van der Waals surface area (Å²) in [7, 11) is 0. The number of rotatable bonds is 12. The van der Waals surface area contributed by atoms with Crippen molar-refractivity contribution < 1.29 is 19.2 Å². The topological polar surface area (TPSA) is 81.2 Å². The molecule has 8 nitrogen and oxygen atoms in total. The molecule has 0 radical (unpaired) electrons. The average molecular weight is 922 g/mol. The molecule has 4 aromatic carbocycles. The molecule has 4 heterocycles. The van der Waals surface area contributed by atoms with E-state index < -0.39 is 0 Å². The van der Waals surface area contributed by atoms with Crippen LogP contribution in [-0.2, 0) is 19.2 Å². The average Bonchev–Trinajstić information content (AvgIpc) is 3.66. The van der Waals surface area contributed by atoms with Gasteiger partial charge in [0.2, 0.25) is 11.8 Å². The van der Waals surface area contributed by atoms with Gasteiger partial charge in [-0.1, -0.05) is 132 Å². The zero-order chi connectivity index (χ0) is 40.5. The first-order chi connectivity index (χ1) is 28.1. The Bertz CT molecular complexity index is 2260. The fourth-order valence-electron chi connectivity index (χ4n) is 7.12. The van der Waals surface area contributed by atoms with Gasteiger partial charge in [0.15, 0.2) is 0 Å². The summed E-state index contributed by atoms with van der Waals surface area (Å²) in [5, 5.41) is 1.14. The van der Waals surface area contributed by atoms with Crippen molar-refractivity contribution in [1.29, 1.82) is 0 Å². The van der Waals surface area contributed by atoms with Crippen LogP contribution in [0.3, 0.4) is 0 Å². The molecule has 8 rings (SSSR count). The Kier molecular flexibility index (Phi) is 12.9. The number of para-hydroxylation sites is 2. The largest absolute Gasteiger partial charge is 0.293 e. The Morgan fingerprint density at radius 2 is 0.897 bits per heavy atom. The van der Waals surface area contributed by atoms with E-state index in [9.17, 15) is 19.2 Å². The molecule has 4 amide bonds. The van der Waals surface area contributed by atoms with Crippen molar-refractivity contribution in [3.8, 4) is 0 Å². The molecule has 2 fully saturated rings. The summed E-state index contributed by atoms with van der Waals surface area (Å²) in [5.41, 5.74) is 3.26. The number of fused-ring (bicyclic) bond motifs is 4. The monoisotopic (exact) mass is 920 g/mol. The fraction of sp³-hybridized carbons (Fsp3) is 0.238. The Balaban J connectivity index is 0.809. The number of amides is 4. The molecule has 0 spiro atoms. The van der Waals surface area contributed by atoms with Crippen LogP contribution in [0, 0.1) is 0 Å². The zero-order valence-corrected chi connectivity index (χ0v) is 37.2. The summed E-state index contributed by atoms with van der Waals surface area (Å²) in [6, 6.07) is 26.9. The third kappa shape index (κ3) is 8.49. The number of hydrogen-bond donors (Lipinski definition) is 0. The van der Waals surface area contributed by atoms with Gasteiger partial charge in [-0.05, 0) is 86.3 Å². The van der Waals surface area contributed by atoms with Crippen LogP contribution in [0.5, 0.6) is 0 Å². The van der Waals surface area contributed by atoms with Crippen LogP contribution in [0.4, 0.5) is 22.7 Å². The lowest BCUT2D eigenvalue weighted by atomic mass is 10.1. The van der Waals surface area contributed by atoms with Crippen molar-refractivity contribution in [3.63, 3.8) is 0 Å². The number of carbonyl (C=O) groups excluding carboxylic acids is 4. The Hall–Kier alpha value is -3.34. The van der Waals surface area contributed by atoms with Gasteiger partial charge >= 0.3 is 0 Å². The number of thioether (sulfide) groups is 2. The van der Waals surface area contributed by atoms with E-state index in [0.717, 1.165) is 65.9 Å². The molecule has 4 aliphatic rings. The van der Waals surface area contributed by atoms with Gasteiger partial charge in [-0.15, -0.1) is 0 Å².